The summed E-state index contributed by atoms with van der Waals surface area (Å²) in [7, 11) is -3.89. The van der Waals surface area contributed by atoms with E-state index >= 15 is 0 Å². The average Bonchev–Trinajstić information content (AvgIpc) is 2.71. The summed E-state index contributed by atoms with van der Waals surface area (Å²) in [6.07, 6.45) is 1.36. The molecule has 0 aliphatic heterocycles. The van der Waals surface area contributed by atoms with Crippen molar-refractivity contribution in [1.82, 2.24) is 4.72 Å². The highest BCUT2D eigenvalue weighted by molar-refractivity contribution is 7.92. The molecule has 2 aromatic rings. The molecule has 0 radical (unpaired) electrons. The molecule has 0 heterocycles. The number of amides is 1. The predicted molar refractivity (Wildman–Crippen MR) is 110 cm³/mol. The van der Waals surface area contributed by atoms with Crippen LogP contribution in [0.3, 0.4) is 0 Å². The Morgan fingerprint density at radius 2 is 1.87 bits per heavy atom. The maximum atomic E-state index is 11.9. The van der Waals surface area contributed by atoms with E-state index in [2.05, 4.69) is 10.1 Å². The summed E-state index contributed by atoms with van der Waals surface area (Å²) in [6, 6.07) is 12.9. The zero-order valence-corrected chi connectivity index (χ0v) is 16.7. The Morgan fingerprint density at radius 1 is 1.17 bits per heavy atom. The Morgan fingerprint density at radius 3 is 2.53 bits per heavy atom. The minimum Gasteiger partial charge on any atom is -0.455 e. The smallest absolute Gasteiger partial charge is 0.321 e. The number of aryl methyl sites for hydroxylation is 1. The molecule has 0 aromatic heterocycles. The fraction of sp³-hybridized carbons (Fsp3) is 0.158. The molecule has 0 aliphatic rings. The van der Waals surface area contributed by atoms with Gasteiger partial charge in [0.2, 0.25) is 10.0 Å². The Balaban J connectivity index is 1.82. The summed E-state index contributed by atoms with van der Waals surface area (Å²) < 4.78 is 30.4. The number of nitrogens with one attached hydrogen (secondary N) is 2. The van der Waals surface area contributed by atoms with Crippen LogP contribution in [0.2, 0.25) is 0 Å². The third-order valence-electron chi connectivity index (χ3n) is 3.65. The lowest BCUT2D eigenvalue weighted by atomic mass is 10.2. The molecule has 0 bridgehead atoms. The summed E-state index contributed by atoms with van der Waals surface area (Å²) in [4.78, 5) is 34.0. The number of nitrogens with zero attached hydrogens (tertiary/aromatic N) is 1. The zero-order chi connectivity index (χ0) is 22.1. The molecule has 1 amide bonds. The first kappa shape index (κ1) is 22.7. The molecule has 0 saturated carbocycles. The largest absolute Gasteiger partial charge is 0.455 e. The van der Waals surface area contributed by atoms with Crippen molar-refractivity contribution in [2.24, 2.45) is 0 Å². The van der Waals surface area contributed by atoms with Crippen LogP contribution in [0.15, 0.2) is 53.9 Å². The lowest BCUT2D eigenvalue weighted by Gasteiger charge is -2.08. The topological polar surface area (TPSA) is 145 Å². The van der Waals surface area contributed by atoms with Crippen LogP contribution in [0.4, 0.5) is 11.4 Å². The number of nitro groups is 1. The number of hydrogen-bond acceptors (Lipinski definition) is 7. The first-order valence-corrected chi connectivity index (χ1v) is 10.1. The predicted octanol–water partition coefficient (Wildman–Crippen LogP) is 1.98. The maximum Gasteiger partial charge on any atom is 0.321 e. The van der Waals surface area contributed by atoms with E-state index in [4.69, 9.17) is 0 Å². The second-order valence-electron chi connectivity index (χ2n) is 6.07. The maximum absolute atomic E-state index is 11.9. The molecule has 10 nitrogen and oxygen atoms in total. The lowest BCUT2D eigenvalue weighted by molar-refractivity contribution is -0.384. The Kier molecular flexibility index (Phi) is 7.78. The average molecular weight is 433 g/mol. The number of carbonyl (C=O) groups excluding carboxylic acids is 2. The van der Waals surface area contributed by atoms with Gasteiger partial charge in [-0.05, 0) is 30.2 Å². The van der Waals surface area contributed by atoms with Gasteiger partial charge >= 0.3 is 5.97 Å². The van der Waals surface area contributed by atoms with Crippen molar-refractivity contribution < 1.29 is 27.7 Å². The molecule has 0 unspecified atom stereocenters. The summed E-state index contributed by atoms with van der Waals surface area (Å²) >= 11 is 0. The highest BCUT2D eigenvalue weighted by atomic mass is 32.2. The second-order valence-corrected chi connectivity index (χ2v) is 7.72. The van der Waals surface area contributed by atoms with Gasteiger partial charge < -0.3 is 10.1 Å². The minimum atomic E-state index is -3.89. The molecule has 2 aromatic carbocycles. The molecule has 0 fully saturated rings. The molecular weight excluding hydrogens is 414 g/mol. The summed E-state index contributed by atoms with van der Waals surface area (Å²) in [5.74, 6) is -1.79. The third-order valence-corrected chi connectivity index (χ3v) is 4.69. The number of anilines is 1. The summed E-state index contributed by atoms with van der Waals surface area (Å²) in [6.45, 7) is 0.251. The van der Waals surface area contributed by atoms with E-state index in [0.29, 0.717) is 11.1 Å². The number of rotatable bonds is 9. The fourth-order valence-electron chi connectivity index (χ4n) is 2.22. The van der Waals surface area contributed by atoms with Gasteiger partial charge in [0.1, 0.15) is 12.2 Å². The van der Waals surface area contributed by atoms with E-state index < -0.39 is 40.0 Å². The number of esters is 1. The van der Waals surface area contributed by atoms with Gasteiger partial charge in [-0.2, -0.15) is 0 Å². The number of benzene rings is 2. The number of ether oxygens (including phenoxy) is 1. The van der Waals surface area contributed by atoms with Crippen LogP contribution in [-0.2, 0) is 24.3 Å². The highest BCUT2D eigenvalue weighted by Gasteiger charge is 2.17. The fourth-order valence-corrected chi connectivity index (χ4v) is 2.97. The lowest BCUT2D eigenvalue weighted by Crippen LogP contribution is -2.31. The number of sulfonamides is 1. The normalized spacial score (nSPS) is 11.2. The van der Waals surface area contributed by atoms with E-state index in [1.165, 1.54) is 18.2 Å². The van der Waals surface area contributed by atoms with Gasteiger partial charge in [-0.1, -0.05) is 36.4 Å². The van der Waals surface area contributed by atoms with Crippen LogP contribution >= 0.6 is 0 Å². The van der Waals surface area contributed by atoms with Crippen molar-refractivity contribution in [3.05, 3.63) is 75.2 Å². The molecular formula is C19H19N3O7S. The highest BCUT2D eigenvalue weighted by Crippen LogP contribution is 2.25. The molecule has 30 heavy (non-hydrogen) atoms. The molecule has 158 valence electrons. The Bertz CT molecular complexity index is 1070. The van der Waals surface area contributed by atoms with Crippen molar-refractivity contribution in [3.63, 3.8) is 0 Å². The monoisotopic (exact) mass is 433 g/mol. The first-order chi connectivity index (χ1) is 14.2. The number of hydrogen-bond donors (Lipinski definition) is 2. The van der Waals surface area contributed by atoms with Crippen LogP contribution in [-0.4, -0.2) is 38.4 Å². The Labute approximate surface area is 172 Å². The molecule has 2 rings (SSSR count). The zero-order valence-electron chi connectivity index (χ0n) is 15.9. The molecule has 0 spiro atoms. The van der Waals surface area contributed by atoms with Gasteiger partial charge in [-0.15, -0.1) is 0 Å². The minimum absolute atomic E-state index is 0.0431. The molecule has 11 heteroatoms. The van der Waals surface area contributed by atoms with Gasteiger partial charge in [0.15, 0.2) is 6.61 Å². The molecule has 2 N–H and O–H groups in total. The van der Waals surface area contributed by atoms with Crippen molar-refractivity contribution in [3.8, 4) is 0 Å². The van der Waals surface area contributed by atoms with Crippen molar-refractivity contribution in [2.75, 3.05) is 18.5 Å². The van der Waals surface area contributed by atoms with Gasteiger partial charge in [-0.25, -0.2) is 13.1 Å². The number of nitro benzene ring substituents is 1. The van der Waals surface area contributed by atoms with Gasteiger partial charge in [-0.3, -0.25) is 19.7 Å². The van der Waals surface area contributed by atoms with Gasteiger partial charge in [0, 0.05) is 11.5 Å². The van der Waals surface area contributed by atoms with Crippen LogP contribution in [0.25, 0.3) is 6.08 Å². The van der Waals surface area contributed by atoms with Crippen molar-refractivity contribution in [1.29, 1.82) is 0 Å². The molecule has 0 atom stereocenters. The third kappa shape index (κ3) is 7.45. The van der Waals surface area contributed by atoms with E-state index in [1.807, 2.05) is 4.72 Å². The number of carbonyl (C=O) groups is 2. The van der Waals surface area contributed by atoms with Crippen LogP contribution < -0.4 is 10.0 Å². The standard InChI is InChI=1S/C19H19N3O7S/c1-14-7-8-16(17(11-14)22(25)26)21-18(23)13-29-19(24)12-20-30(27,28)10-9-15-5-3-2-4-6-15/h2-11,20H,12-13H2,1H3,(H,21,23)/b10-9+. The van der Waals surface area contributed by atoms with Gasteiger partial charge in [0.25, 0.3) is 11.6 Å². The summed E-state index contributed by atoms with van der Waals surface area (Å²) in [5, 5.41) is 14.2. The van der Waals surface area contributed by atoms with Crippen LogP contribution in [0.1, 0.15) is 11.1 Å². The quantitative estimate of drug-likeness (QED) is 0.349. The summed E-state index contributed by atoms with van der Waals surface area (Å²) in [5.41, 5.74) is 0.957. The van der Waals surface area contributed by atoms with Crippen molar-refractivity contribution in [2.45, 2.75) is 6.92 Å². The van der Waals surface area contributed by atoms with E-state index in [9.17, 15) is 28.1 Å². The van der Waals surface area contributed by atoms with E-state index in [-0.39, 0.29) is 11.4 Å². The van der Waals surface area contributed by atoms with Crippen molar-refractivity contribution >= 4 is 39.4 Å². The first-order valence-electron chi connectivity index (χ1n) is 8.59. The Hall–Kier alpha value is -3.57. The van der Waals surface area contributed by atoms with E-state index in [1.54, 1.807) is 43.3 Å². The second kappa shape index (κ2) is 10.3. The van der Waals surface area contributed by atoms with Crippen LogP contribution in [0, 0.1) is 17.0 Å². The molecule has 0 saturated heterocycles. The van der Waals surface area contributed by atoms with E-state index in [0.717, 1.165) is 5.41 Å². The molecule has 0 aliphatic carbocycles. The SMILES string of the molecule is Cc1ccc(NC(=O)COC(=O)CNS(=O)(=O)/C=C/c2ccccc2)c([N+](=O)[O-])c1. The van der Waals surface area contributed by atoms with Gasteiger partial charge in [0.05, 0.1) is 4.92 Å². The van der Waals surface area contributed by atoms with Crippen LogP contribution in [0.5, 0.6) is 0 Å².